The number of ether oxygens (including phenoxy) is 2. The molecule has 0 N–H and O–H groups in total. The number of rotatable bonds is 6. The SMILES string of the molecule is CCOc1cc2c(cc1OC)C(c1ccc(-c3nnn(CC)n3)cc1)=NC1CCCCC21. The van der Waals surface area contributed by atoms with Gasteiger partial charge in [-0.25, -0.2) is 0 Å². The van der Waals surface area contributed by atoms with Crippen LogP contribution in [0.2, 0.25) is 0 Å². The van der Waals surface area contributed by atoms with Crippen molar-refractivity contribution in [2.75, 3.05) is 13.7 Å². The van der Waals surface area contributed by atoms with Crippen molar-refractivity contribution in [3.8, 4) is 22.9 Å². The maximum absolute atomic E-state index is 5.90. The number of hydrogen-bond acceptors (Lipinski definition) is 6. The Bertz CT molecular complexity index is 1140. The molecule has 1 aliphatic carbocycles. The topological polar surface area (TPSA) is 74.4 Å². The van der Waals surface area contributed by atoms with E-state index in [1.807, 2.05) is 26.0 Å². The Labute approximate surface area is 188 Å². The van der Waals surface area contributed by atoms with Crippen LogP contribution in [-0.4, -0.2) is 45.7 Å². The van der Waals surface area contributed by atoms with E-state index >= 15 is 0 Å². The summed E-state index contributed by atoms with van der Waals surface area (Å²) >= 11 is 0. The molecule has 32 heavy (non-hydrogen) atoms. The third-order valence-electron chi connectivity index (χ3n) is 6.47. The molecular weight excluding hydrogens is 402 g/mol. The fraction of sp³-hybridized carbons (Fsp3) is 0.440. The standard InChI is InChI=1S/C25H29N5O2/c1-4-30-28-25(27-29-30)17-12-10-16(11-13-17)24-20-15-22(31-3)23(32-5-2)14-19(20)18-8-6-7-9-21(18)26-24/h10-15,18,21H,4-9H2,1-3H3. The number of nitrogens with zero attached hydrogens (tertiary/aromatic N) is 5. The van der Waals surface area contributed by atoms with Crippen LogP contribution in [0.25, 0.3) is 11.4 Å². The molecule has 7 nitrogen and oxygen atoms in total. The summed E-state index contributed by atoms with van der Waals surface area (Å²) in [5, 5.41) is 12.6. The van der Waals surface area contributed by atoms with Gasteiger partial charge in [-0.1, -0.05) is 37.1 Å². The molecule has 0 amide bonds. The number of methoxy groups -OCH3 is 1. The van der Waals surface area contributed by atoms with Crippen molar-refractivity contribution in [2.45, 2.75) is 58.0 Å². The van der Waals surface area contributed by atoms with Crippen molar-refractivity contribution in [1.29, 1.82) is 0 Å². The Morgan fingerprint density at radius 3 is 2.50 bits per heavy atom. The summed E-state index contributed by atoms with van der Waals surface area (Å²) in [6.45, 7) is 5.32. The number of aromatic nitrogens is 4. The van der Waals surface area contributed by atoms with Gasteiger partial charge in [0.25, 0.3) is 0 Å². The highest BCUT2D eigenvalue weighted by Crippen LogP contribution is 2.44. The molecule has 166 valence electrons. The smallest absolute Gasteiger partial charge is 0.204 e. The molecule has 0 radical (unpaired) electrons. The largest absolute Gasteiger partial charge is 0.493 e. The van der Waals surface area contributed by atoms with Gasteiger partial charge in [-0.05, 0) is 49.6 Å². The minimum absolute atomic E-state index is 0.319. The van der Waals surface area contributed by atoms with Gasteiger partial charge in [-0.3, -0.25) is 4.99 Å². The molecule has 2 atom stereocenters. The van der Waals surface area contributed by atoms with Crippen LogP contribution in [0.4, 0.5) is 0 Å². The molecule has 5 rings (SSSR count). The number of tetrazole rings is 1. The summed E-state index contributed by atoms with van der Waals surface area (Å²) in [6, 6.07) is 12.9. The molecule has 2 aliphatic rings. The Morgan fingerprint density at radius 2 is 1.78 bits per heavy atom. The van der Waals surface area contributed by atoms with Gasteiger partial charge in [-0.15, -0.1) is 10.2 Å². The summed E-state index contributed by atoms with van der Waals surface area (Å²) in [7, 11) is 1.69. The van der Waals surface area contributed by atoms with Gasteiger partial charge in [0, 0.05) is 22.6 Å². The number of benzene rings is 2. The highest BCUT2D eigenvalue weighted by molar-refractivity contribution is 6.15. The van der Waals surface area contributed by atoms with Crippen molar-refractivity contribution >= 4 is 5.71 Å². The van der Waals surface area contributed by atoms with Crippen LogP contribution >= 0.6 is 0 Å². The Balaban J connectivity index is 1.57. The zero-order chi connectivity index (χ0) is 22.1. The fourth-order valence-electron chi connectivity index (χ4n) is 4.88. The van der Waals surface area contributed by atoms with Crippen molar-refractivity contribution in [3.63, 3.8) is 0 Å². The lowest BCUT2D eigenvalue weighted by atomic mass is 9.75. The molecule has 1 aromatic heterocycles. The van der Waals surface area contributed by atoms with E-state index < -0.39 is 0 Å². The van der Waals surface area contributed by atoms with Crippen LogP contribution in [0.5, 0.6) is 11.5 Å². The summed E-state index contributed by atoms with van der Waals surface area (Å²) in [5.41, 5.74) is 5.55. The first kappa shape index (κ1) is 20.7. The average Bonchev–Trinajstić information content (AvgIpc) is 3.33. The molecular formula is C25H29N5O2. The zero-order valence-corrected chi connectivity index (χ0v) is 18.9. The maximum atomic E-state index is 5.90. The van der Waals surface area contributed by atoms with Crippen LogP contribution < -0.4 is 9.47 Å². The van der Waals surface area contributed by atoms with E-state index in [9.17, 15) is 0 Å². The number of aryl methyl sites for hydroxylation is 1. The Morgan fingerprint density at radius 1 is 1.00 bits per heavy atom. The van der Waals surface area contributed by atoms with Crippen LogP contribution in [0.3, 0.4) is 0 Å². The van der Waals surface area contributed by atoms with Crippen LogP contribution in [0.1, 0.15) is 62.1 Å². The van der Waals surface area contributed by atoms with E-state index in [4.69, 9.17) is 14.5 Å². The van der Waals surface area contributed by atoms with Gasteiger partial charge in [0.05, 0.1) is 32.0 Å². The van der Waals surface area contributed by atoms with Crippen LogP contribution in [-0.2, 0) is 6.54 Å². The molecule has 1 saturated carbocycles. The highest BCUT2D eigenvalue weighted by atomic mass is 16.5. The molecule has 1 aliphatic heterocycles. The lowest BCUT2D eigenvalue weighted by Gasteiger charge is -2.36. The second-order valence-electron chi connectivity index (χ2n) is 8.34. The van der Waals surface area contributed by atoms with Crippen LogP contribution in [0.15, 0.2) is 41.4 Å². The maximum Gasteiger partial charge on any atom is 0.204 e. The molecule has 0 bridgehead atoms. The predicted molar refractivity (Wildman–Crippen MR) is 124 cm³/mol. The van der Waals surface area contributed by atoms with Crippen LogP contribution in [0, 0.1) is 0 Å². The summed E-state index contributed by atoms with van der Waals surface area (Å²) < 4.78 is 11.6. The first-order chi connectivity index (χ1) is 15.7. The van der Waals surface area contributed by atoms with Gasteiger partial charge in [0.2, 0.25) is 5.82 Å². The summed E-state index contributed by atoms with van der Waals surface area (Å²) in [6.07, 6.45) is 4.79. The lowest BCUT2D eigenvalue weighted by Crippen LogP contribution is -2.29. The Kier molecular flexibility index (Phi) is 5.64. The second-order valence-corrected chi connectivity index (χ2v) is 8.34. The van der Waals surface area contributed by atoms with Crippen molar-refractivity contribution in [3.05, 3.63) is 53.1 Å². The quantitative estimate of drug-likeness (QED) is 0.568. The molecule has 2 heterocycles. The Hall–Kier alpha value is -3.22. The molecule has 0 saturated heterocycles. The minimum atomic E-state index is 0.319. The van der Waals surface area contributed by atoms with Crippen molar-refractivity contribution < 1.29 is 9.47 Å². The molecule has 1 fully saturated rings. The van der Waals surface area contributed by atoms with E-state index in [1.165, 1.54) is 24.8 Å². The summed E-state index contributed by atoms with van der Waals surface area (Å²) in [4.78, 5) is 6.85. The lowest BCUT2D eigenvalue weighted by molar-refractivity contribution is 0.308. The van der Waals surface area contributed by atoms with Gasteiger partial charge in [-0.2, -0.15) is 4.80 Å². The minimum Gasteiger partial charge on any atom is -0.493 e. The second kappa shape index (κ2) is 8.73. The molecule has 2 unspecified atom stereocenters. The highest BCUT2D eigenvalue weighted by Gasteiger charge is 2.34. The molecule has 7 heteroatoms. The van der Waals surface area contributed by atoms with E-state index in [1.54, 1.807) is 11.9 Å². The molecule has 3 aromatic rings. The first-order valence-corrected chi connectivity index (χ1v) is 11.5. The number of aliphatic imine (C=N–C) groups is 1. The first-order valence-electron chi connectivity index (χ1n) is 11.5. The van der Waals surface area contributed by atoms with Gasteiger partial charge in [0.1, 0.15) is 0 Å². The fourth-order valence-corrected chi connectivity index (χ4v) is 4.88. The number of hydrogen-bond donors (Lipinski definition) is 0. The van der Waals surface area contributed by atoms with Crippen molar-refractivity contribution in [1.82, 2.24) is 20.2 Å². The normalized spacial score (nSPS) is 19.7. The van der Waals surface area contributed by atoms with E-state index in [2.05, 4.69) is 39.7 Å². The van der Waals surface area contributed by atoms with Gasteiger partial charge in [0.15, 0.2) is 11.5 Å². The monoisotopic (exact) mass is 431 g/mol. The van der Waals surface area contributed by atoms with E-state index in [-0.39, 0.29) is 0 Å². The predicted octanol–water partition coefficient (Wildman–Crippen LogP) is 4.64. The molecule has 2 aromatic carbocycles. The number of fused-ring (bicyclic) bond motifs is 3. The molecule has 0 spiro atoms. The van der Waals surface area contributed by atoms with E-state index in [0.717, 1.165) is 40.3 Å². The summed E-state index contributed by atoms with van der Waals surface area (Å²) in [5.74, 6) is 2.66. The third-order valence-corrected chi connectivity index (χ3v) is 6.47. The van der Waals surface area contributed by atoms with Gasteiger partial charge >= 0.3 is 0 Å². The average molecular weight is 432 g/mol. The van der Waals surface area contributed by atoms with Gasteiger partial charge < -0.3 is 9.47 Å². The van der Waals surface area contributed by atoms with Crippen molar-refractivity contribution in [2.24, 2.45) is 4.99 Å². The third kappa shape index (κ3) is 3.66. The van der Waals surface area contributed by atoms with E-state index in [0.29, 0.717) is 30.9 Å². The zero-order valence-electron chi connectivity index (χ0n) is 18.9.